The lowest BCUT2D eigenvalue weighted by atomic mass is 9.78. The van der Waals surface area contributed by atoms with E-state index in [1.165, 1.54) is 18.3 Å². The van der Waals surface area contributed by atoms with E-state index < -0.39 is 0 Å². The van der Waals surface area contributed by atoms with Crippen LogP contribution in [0.4, 0.5) is 4.39 Å². The fourth-order valence-electron chi connectivity index (χ4n) is 0.579. The van der Waals surface area contributed by atoms with E-state index in [9.17, 15) is 4.39 Å². The predicted molar refractivity (Wildman–Crippen MR) is 35.4 cm³/mol. The molecule has 3 heteroatoms. The lowest BCUT2D eigenvalue weighted by Gasteiger charge is -1.91. The molecule has 1 nitrogen and oxygen atoms in total. The summed E-state index contributed by atoms with van der Waals surface area (Å²) in [6.07, 6.45) is 1.45. The van der Waals surface area contributed by atoms with E-state index in [-0.39, 0.29) is 5.82 Å². The third-order valence-electron chi connectivity index (χ3n) is 1.04. The van der Waals surface area contributed by atoms with Crippen LogP contribution < -0.4 is 5.59 Å². The van der Waals surface area contributed by atoms with Crippen LogP contribution in [-0.2, 0) is 0 Å². The van der Waals surface area contributed by atoms with E-state index in [0.29, 0.717) is 5.59 Å². The molecule has 1 rings (SSSR count). The molecule has 0 unspecified atom stereocenters. The van der Waals surface area contributed by atoms with E-state index in [2.05, 4.69) is 4.98 Å². The molecule has 1 radical (unpaired) electrons. The van der Waals surface area contributed by atoms with Crippen LogP contribution in [0.15, 0.2) is 18.3 Å². The molecule has 9 heavy (non-hydrogen) atoms. The van der Waals surface area contributed by atoms with Gasteiger partial charge in [-0.3, -0.25) is 4.98 Å². The van der Waals surface area contributed by atoms with Crippen molar-refractivity contribution >= 4 is 12.9 Å². The molecule has 0 spiro atoms. The van der Waals surface area contributed by atoms with E-state index in [1.807, 2.05) is 6.82 Å². The molecule has 0 saturated heterocycles. The summed E-state index contributed by atoms with van der Waals surface area (Å²) >= 11 is 0. The molecular formula is C6H6BFN. The van der Waals surface area contributed by atoms with Crippen molar-refractivity contribution < 1.29 is 4.39 Å². The van der Waals surface area contributed by atoms with Crippen molar-refractivity contribution in [2.24, 2.45) is 0 Å². The molecule has 0 bridgehead atoms. The molecule has 1 aromatic heterocycles. The van der Waals surface area contributed by atoms with Crippen molar-refractivity contribution in [2.75, 3.05) is 0 Å². The average molecular weight is 122 g/mol. The smallest absolute Gasteiger partial charge is 0.174 e. The topological polar surface area (TPSA) is 12.9 Å². The van der Waals surface area contributed by atoms with Crippen LogP contribution >= 0.6 is 0 Å². The molecule has 0 atom stereocenters. The molecule has 0 aliphatic heterocycles. The van der Waals surface area contributed by atoms with Gasteiger partial charge in [0, 0.05) is 6.20 Å². The molecule has 0 fully saturated rings. The number of hydrogen-bond donors (Lipinski definition) is 0. The van der Waals surface area contributed by atoms with Gasteiger partial charge in [0.05, 0.1) is 0 Å². The molecule has 0 amide bonds. The highest BCUT2D eigenvalue weighted by molar-refractivity contribution is 6.50. The van der Waals surface area contributed by atoms with Gasteiger partial charge in [-0.25, -0.2) is 4.39 Å². The summed E-state index contributed by atoms with van der Waals surface area (Å²) in [5.74, 6) is -0.238. The molecule has 0 aliphatic carbocycles. The van der Waals surface area contributed by atoms with Crippen molar-refractivity contribution in [3.63, 3.8) is 0 Å². The Hall–Kier alpha value is -0.855. The second-order valence-corrected chi connectivity index (χ2v) is 1.69. The summed E-state index contributed by atoms with van der Waals surface area (Å²) in [6, 6.07) is 2.72. The number of nitrogens with zero attached hydrogens (tertiary/aromatic N) is 1. The van der Waals surface area contributed by atoms with Crippen LogP contribution in [0, 0.1) is 5.82 Å². The Kier molecular flexibility index (Phi) is 1.83. The summed E-state index contributed by atoms with van der Waals surface area (Å²) in [5, 5.41) is 0. The summed E-state index contributed by atoms with van der Waals surface area (Å²) in [6.45, 7) is 1.82. The quantitative estimate of drug-likeness (QED) is 0.497. The minimum absolute atomic E-state index is 0.238. The summed E-state index contributed by atoms with van der Waals surface area (Å²) in [7, 11) is 1.75. The maximum Gasteiger partial charge on any atom is 0.174 e. The lowest BCUT2D eigenvalue weighted by molar-refractivity contribution is 0.627. The highest BCUT2D eigenvalue weighted by atomic mass is 19.1. The third kappa shape index (κ3) is 1.52. The zero-order chi connectivity index (χ0) is 6.69. The molecule has 45 valence electrons. The molecule has 0 aliphatic rings. The Bertz CT molecular complexity index is 202. The van der Waals surface area contributed by atoms with Crippen LogP contribution in [-0.4, -0.2) is 12.3 Å². The zero-order valence-corrected chi connectivity index (χ0v) is 5.13. The molecule has 0 N–H and O–H groups in total. The van der Waals surface area contributed by atoms with Gasteiger partial charge in [0.15, 0.2) is 7.28 Å². The highest BCUT2D eigenvalue weighted by Gasteiger charge is 1.91. The number of rotatable bonds is 1. The van der Waals surface area contributed by atoms with Gasteiger partial charge < -0.3 is 0 Å². The molecular weight excluding hydrogens is 116 g/mol. The fourth-order valence-corrected chi connectivity index (χ4v) is 0.579. The third-order valence-corrected chi connectivity index (χ3v) is 1.04. The molecule has 0 saturated carbocycles. The molecule has 1 aromatic rings. The van der Waals surface area contributed by atoms with Crippen LogP contribution in [0.3, 0.4) is 0 Å². The lowest BCUT2D eigenvalue weighted by Crippen LogP contribution is -2.14. The van der Waals surface area contributed by atoms with Gasteiger partial charge in [0.1, 0.15) is 5.82 Å². The monoisotopic (exact) mass is 122 g/mol. The summed E-state index contributed by atoms with van der Waals surface area (Å²) in [4.78, 5) is 3.86. The first-order chi connectivity index (χ1) is 4.33. The zero-order valence-electron chi connectivity index (χ0n) is 5.13. The summed E-state index contributed by atoms with van der Waals surface area (Å²) in [5.41, 5.74) is 0.676. The first-order valence-corrected chi connectivity index (χ1v) is 2.74. The predicted octanol–water partition coefficient (Wildman–Crippen LogP) is 0.598. The van der Waals surface area contributed by atoms with Gasteiger partial charge in [-0.15, -0.1) is 0 Å². The van der Waals surface area contributed by atoms with Crippen molar-refractivity contribution in [2.45, 2.75) is 6.82 Å². The fraction of sp³-hybridized carbons (Fsp3) is 0.167. The van der Waals surface area contributed by atoms with Crippen LogP contribution in [0.2, 0.25) is 6.82 Å². The van der Waals surface area contributed by atoms with Crippen LogP contribution in [0.25, 0.3) is 0 Å². The van der Waals surface area contributed by atoms with Gasteiger partial charge in [-0.1, -0.05) is 6.82 Å². The maximum absolute atomic E-state index is 12.3. The Labute approximate surface area is 54.2 Å². The van der Waals surface area contributed by atoms with Gasteiger partial charge >= 0.3 is 0 Å². The summed E-state index contributed by atoms with van der Waals surface area (Å²) < 4.78 is 12.3. The van der Waals surface area contributed by atoms with Gasteiger partial charge in [-0.05, 0) is 17.7 Å². The minimum Gasteiger partial charge on any atom is -0.272 e. The van der Waals surface area contributed by atoms with Gasteiger partial charge in [0.25, 0.3) is 0 Å². The molecule has 1 heterocycles. The van der Waals surface area contributed by atoms with E-state index in [0.717, 1.165) is 0 Å². The van der Waals surface area contributed by atoms with Crippen molar-refractivity contribution in [3.05, 3.63) is 24.1 Å². The van der Waals surface area contributed by atoms with Gasteiger partial charge in [0.2, 0.25) is 0 Å². The number of aromatic nitrogens is 1. The first-order valence-electron chi connectivity index (χ1n) is 2.74. The van der Waals surface area contributed by atoms with Crippen LogP contribution in [0.5, 0.6) is 0 Å². The number of hydrogen-bond acceptors (Lipinski definition) is 1. The normalized spacial score (nSPS) is 9.11. The van der Waals surface area contributed by atoms with Gasteiger partial charge in [-0.2, -0.15) is 0 Å². The van der Waals surface area contributed by atoms with E-state index in [1.54, 1.807) is 7.28 Å². The largest absolute Gasteiger partial charge is 0.272 e. The Morgan fingerprint density at radius 3 is 2.89 bits per heavy atom. The second kappa shape index (κ2) is 2.62. The second-order valence-electron chi connectivity index (χ2n) is 1.69. The minimum atomic E-state index is -0.238. The first kappa shape index (κ1) is 6.27. The Morgan fingerprint density at radius 2 is 2.44 bits per heavy atom. The van der Waals surface area contributed by atoms with Crippen LogP contribution in [0.1, 0.15) is 0 Å². The maximum atomic E-state index is 12.3. The number of halogens is 1. The molecule has 0 aromatic carbocycles. The van der Waals surface area contributed by atoms with Crippen molar-refractivity contribution in [3.8, 4) is 0 Å². The Balaban J connectivity index is 2.94. The van der Waals surface area contributed by atoms with Crippen molar-refractivity contribution in [1.29, 1.82) is 0 Å². The Morgan fingerprint density at radius 1 is 1.67 bits per heavy atom. The SMILES string of the molecule is C[B]c1cc(F)ccn1. The van der Waals surface area contributed by atoms with E-state index in [4.69, 9.17) is 0 Å². The van der Waals surface area contributed by atoms with Crippen molar-refractivity contribution in [1.82, 2.24) is 4.98 Å². The highest BCUT2D eigenvalue weighted by Crippen LogP contribution is 1.87. The van der Waals surface area contributed by atoms with E-state index >= 15 is 0 Å². The number of pyridine rings is 1. The standard InChI is InChI=1S/C6H6BFN/c1-7-6-4-5(8)2-3-9-6/h2-4H,1H3. The average Bonchev–Trinajstić information content (AvgIpc) is 1.88.